The smallest absolute Gasteiger partial charge is 0.335 e. The number of fused-ring (bicyclic) bond motifs is 1. The van der Waals surface area contributed by atoms with Gasteiger partial charge in [-0.2, -0.15) is 5.11 Å². The van der Waals surface area contributed by atoms with Crippen molar-refractivity contribution in [3.8, 4) is 0 Å². The summed E-state index contributed by atoms with van der Waals surface area (Å²) in [6, 6.07) is 10.3. The van der Waals surface area contributed by atoms with Gasteiger partial charge in [-0.15, -0.1) is 10.9 Å². The molecule has 2 aromatic carbocycles. The van der Waals surface area contributed by atoms with Crippen LogP contribution < -0.4 is 21.0 Å². The van der Waals surface area contributed by atoms with Crippen LogP contribution in [-0.2, 0) is 4.79 Å². The summed E-state index contributed by atoms with van der Waals surface area (Å²) in [5.74, 6) is -2.54. The van der Waals surface area contributed by atoms with Gasteiger partial charge in [0, 0.05) is 5.69 Å². The summed E-state index contributed by atoms with van der Waals surface area (Å²) in [6.45, 7) is 4.80. The number of rotatable bonds is 22. The van der Waals surface area contributed by atoms with E-state index in [1.807, 2.05) is 0 Å². The van der Waals surface area contributed by atoms with Crippen molar-refractivity contribution in [2.24, 2.45) is 10.2 Å². The Morgan fingerprint density at radius 1 is 0.796 bits per heavy atom. The fraction of sp³-hybridized carbons (Fsp3) is 0.553. The monoisotopic (exact) mass is 678 g/mol. The van der Waals surface area contributed by atoms with E-state index in [1.54, 1.807) is 17.0 Å². The first-order valence-corrected chi connectivity index (χ1v) is 18.1. The van der Waals surface area contributed by atoms with Crippen LogP contribution in [0, 0.1) is 0 Å². The molecule has 0 saturated heterocycles. The number of carboxylic acid groups (broad SMARTS) is 1. The molecule has 0 spiro atoms. The molecule has 1 heterocycles. The Hall–Kier alpha value is -4.25. The van der Waals surface area contributed by atoms with Gasteiger partial charge in [0.05, 0.1) is 42.9 Å². The number of hydrogen-bond donors (Lipinski definition) is 5. The Morgan fingerprint density at radius 3 is 1.88 bits per heavy atom. The number of aromatic nitrogens is 2. The van der Waals surface area contributed by atoms with E-state index in [0.717, 1.165) is 6.92 Å². The molecule has 0 fully saturated rings. The molecule has 0 aliphatic rings. The van der Waals surface area contributed by atoms with Gasteiger partial charge in [-0.25, -0.2) is 9.59 Å². The number of azo groups is 1. The van der Waals surface area contributed by atoms with Crippen molar-refractivity contribution >= 4 is 34.3 Å². The number of quaternary nitrogens is 1. The number of amides is 1. The first-order valence-electron chi connectivity index (χ1n) is 18.1. The summed E-state index contributed by atoms with van der Waals surface area (Å²) in [5, 5.41) is 30.7. The van der Waals surface area contributed by atoms with Crippen LogP contribution in [0.3, 0.4) is 0 Å². The maximum atomic E-state index is 12.4. The van der Waals surface area contributed by atoms with E-state index in [2.05, 4.69) is 46.5 Å². The number of nitrogens with one attached hydrogen (secondary N) is 4. The molecular formula is C38H58N6O5. The summed E-state index contributed by atoms with van der Waals surface area (Å²) in [4.78, 5) is 41.4. The maximum absolute atomic E-state index is 12.4. The molecule has 3 aromatic rings. The lowest BCUT2D eigenvalue weighted by Gasteiger charge is -2.11. The number of carbonyl (C=O) groups excluding carboxylic acids is 1. The van der Waals surface area contributed by atoms with E-state index < -0.39 is 23.3 Å². The molecule has 0 saturated carbocycles. The van der Waals surface area contributed by atoms with Crippen LogP contribution in [0.15, 0.2) is 68.9 Å². The molecule has 270 valence electrons. The number of anilines is 1. The summed E-state index contributed by atoms with van der Waals surface area (Å²) in [6.07, 6.45) is 23.4. The predicted molar refractivity (Wildman–Crippen MR) is 195 cm³/mol. The van der Waals surface area contributed by atoms with Gasteiger partial charge in [-0.05, 0) is 49.2 Å². The molecule has 0 aliphatic heterocycles. The van der Waals surface area contributed by atoms with Crippen LogP contribution in [-0.4, -0.2) is 47.6 Å². The molecule has 0 radical (unpaired) electrons. The fourth-order valence-corrected chi connectivity index (χ4v) is 5.41. The highest BCUT2D eigenvalue weighted by molar-refractivity contribution is 6.04. The molecule has 5 N–H and O–H groups in total. The second-order valence-electron chi connectivity index (χ2n) is 13.0. The van der Waals surface area contributed by atoms with Gasteiger partial charge < -0.3 is 30.4 Å². The number of H-pyrrole nitrogens is 2. The molecule has 0 unspecified atom stereocenters. The number of hydrogen-bond acceptors (Lipinski definition) is 6. The number of benzene rings is 2. The van der Waals surface area contributed by atoms with Crippen LogP contribution >= 0.6 is 0 Å². The molecule has 1 aromatic heterocycles. The van der Waals surface area contributed by atoms with Gasteiger partial charge in [0.15, 0.2) is 0 Å². The van der Waals surface area contributed by atoms with Crippen molar-refractivity contribution in [1.82, 2.24) is 9.97 Å². The van der Waals surface area contributed by atoms with Gasteiger partial charge in [-0.1, -0.05) is 110 Å². The van der Waals surface area contributed by atoms with E-state index >= 15 is 0 Å². The first-order chi connectivity index (χ1) is 23.6. The second kappa shape index (κ2) is 24.0. The van der Waals surface area contributed by atoms with Crippen molar-refractivity contribution in [1.29, 1.82) is 0 Å². The van der Waals surface area contributed by atoms with Gasteiger partial charge in [0.25, 0.3) is 5.91 Å². The van der Waals surface area contributed by atoms with E-state index in [4.69, 9.17) is 5.11 Å². The lowest BCUT2D eigenvalue weighted by Crippen LogP contribution is -3.05. The number of allylic oxidation sites excluding steroid dienone is 1. The average molecular weight is 679 g/mol. The van der Waals surface area contributed by atoms with Gasteiger partial charge >= 0.3 is 11.7 Å². The molecule has 11 nitrogen and oxygen atoms in total. The lowest BCUT2D eigenvalue weighted by atomic mass is 10.0. The molecule has 1 amide bonds. The van der Waals surface area contributed by atoms with Crippen LogP contribution in [0.4, 0.5) is 11.4 Å². The van der Waals surface area contributed by atoms with E-state index in [0.29, 0.717) is 16.7 Å². The summed E-state index contributed by atoms with van der Waals surface area (Å²) >= 11 is 0. The van der Waals surface area contributed by atoms with E-state index in [-0.39, 0.29) is 16.9 Å². The largest absolute Gasteiger partial charge is 0.874 e. The van der Waals surface area contributed by atoms with Gasteiger partial charge in [0.1, 0.15) is 5.70 Å². The Kier molecular flexibility index (Phi) is 20.0. The number of unbranched alkanes of at least 4 members (excludes halogenated alkanes) is 15. The number of aromatic amines is 2. The topological polar surface area (TPSA) is 167 Å². The highest BCUT2D eigenvalue weighted by Gasteiger charge is 2.11. The zero-order valence-corrected chi connectivity index (χ0v) is 30.0. The quantitative estimate of drug-likeness (QED) is 0.0326. The molecule has 0 aliphatic carbocycles. The molecule has 0 bridgehead atoms. The number of carboxylic acids is 1. The van der Waals surface area contributed by atoms with Crippen molar-refractivity contribution in [3.63, 3.8) is 0 Å². The minimum atomic E-state index is -1.14. The highest BCUT2D eigenvalue weighted by atomic mass is 16.4. The third-order valence-corrected chi connectivity index (χ3v) is 8.21. The zero-order valence-electron chi connectivity index (χ0n) is 30.0. The van der Waals surface area contributed by atoms with Gasteiger partial charge in [-0.3, -0.25) is 4.79 Å². The Bertz CT molecular complexity index is 1520. The third kappa shape index (κ3) is 17.6. The minimum absolute atomic E-state index is 0.000857. The van der Waals surface area contributed by atoms with Crippen molar-refractivity contribution in [3.05, 3.63) is 70.0 Å². The maximum Gasteiger partial charge on any atom is 0.335 e. The molecule has 3 rings (SSSR count). The summed E-state index contributed by atoms with van der Waals surface area (Å²) in [5.41, 5.74) is 0.734. The number of nitrogens with zero attached hydrogens (tertiary/aromatic N) is 2. The average Bonchev–Trinajstić information content (AvgIpc) is 3.44. The van der Waals surface area contributed by atoms with E-state index in [1.165, 1.54) is 140 Å². The fourth-order valence-electron chi connectivity index (χ4n) is 5.41. The molecule has 11 heteroatoms. The molecule has 49 heavy (non-hydrogen) atoms. The lowest BCUT2D eigenvalue weighted by molar-refractivity contribution is -0.858. The highest BCUT2D eigenvalue weighted by Crippen LogP contribution is 2.19. The normalized spacial score (nSPS) is 11.9. The van der Waals surface area contributed by atoms with E-state index in [9.17, 15) is 19.5 Å². The standard InChI is InChI=1S/C20H43N.C18H15N5O5/c1-4-5-6-7-8-9-10-11-12-13-14-15-16-17-18-19-20-21(2)3;1-9(24)15(23-22-12-4-2-3-10(7-12)17(26)27)16(25)19-11-5-6-13-14(8-11)21-18(28)20-13/h4-20H2,1-3H3;2-8,24H,1H3,(H,19,25)(H,26,27)(H2,20,21,28). The Labute approximate surface area is 291 Å². The Morgan fingerprint density at radius 2 is 1.35 bits per heavy atom. The van der Waals surface area contributed by atoms with Crippen molar-refractivity contribution in [2.75, 3.05) is 26.0 Å². The number of aromatic carboxylic acids is 1. The van der Waals surface area contributed by atoms with Crippen LogP contribution in [0.5, 0.6) is 0 Å². The zero-order chi connectivity index (χ0) is 35.9. The van der Waals surface area contributed by atoms with Crippen LogP contribution in [0.25, 0.3) is 11.0 Å². The number of carbonyl (C=O) groups is 2. The Balaban J connectivity index is 0.000000357. The SMILES string of the molecule is CC([O-])=C(N=Nc1cccc(C(=O)O)c1)C(=O)Nc1ccc2[nH]c(=O)[nH]c2c1.CCCCCCCCCCCCCCCCCC[NH+](C)C. The second-order valence-corrected chi connectivity index (χ2v) is 13.0. The number of imidazole rings is 1. The van der Waals surface area contributed by atoms with Gasteiger partial charge in [0.2, 0.25) is 0 Å². The van der Waals surface area contributed by atoms with Crippen LogP contribution in [0.1, 0.15) is 127 Å². The van der Waals surface area contributed by atoms with Crippen LogP contribution in [0.2, 0.25) is 0 Å². The first kappa shape index (κ1) is 40.9. The summed E-state index contributed by atoms with van der Waals surface area (Å²) in [7, 11) is 4.51. The molecule has 0 atom stereocenters. The van der Waals surface area contributed by atoms with Crippen molar-refractivity contribution < 1.29 is 24.7 Å². The third-order valence-electron chi connectivity index (χ3n) is 8.21. The predicted octanol–water partition coefficient (Wildman–Crippen LogP) is 7.26. The summed E-state index contributed by atoms with van der Waals surface area (Å²) < 4.78 is 0. The molecular weight excluding hydrogens is 620 g/mol. The van der Waals surface area contributed by atoms with Crippen molar-refractivity contribution in [2.45, 2.75) is 117 Å². The minimum Gasteiger partial charge on any atom is -0.874 e.